The smallest absolute Gasteiger partial charge is 0.243 e. The zero-order valence-corrected chi connectivity index (χ0v) is 16.8. The van der Waals surface area contributed by atoms with E-state index in [0.29, 0.717) is 25.1 Å². The summed E-state index contributed by atoms with van der Waals surface area (Å²) >= 11 is 0. The van der Waals surface area contributed by atoms with Gasteiger partial charge in [0, 0.05) is 31.2 Å². The van der Waals surface area contributed by atoms with Gasteiger partial charge in [-0.25, -0.2) is 9.40 Å². The zero-order chi connectivity index (χ0) is 20.9. The third kappa shape index (κ3) is 5.28. The molecule has 0 saturated heterocycles. The topological polar surface area (TPSA) is 61.8 Å². The van der Waals surface area contributed by atoms with E-state index in [1.807, 2.05) is 44.2 Å². The maximum absolute atomic E-state index is 14.0. The first-order valence-corrected chi connectivity index (χ1v) is 9.82. The Morgan fingerprint density at radius 2 is 1.76 bits per heavy atom. The number of halogens is 1. The van der Waals surface area contributed by atoms with Crippen LogP contribution in [0.4, 0.5) is 4.39 Å². The maximum atomic E-state index is 14.0. The molecule has 1 aliphatic heterocycles. The molecule has 0 spiro atoms. The Morgan fingerprint density at radius 1 is 1.07 bits per heavy atom. The first-order valence-electron chi connectivity index (χ1n) is 9.82. The third-order valence-corrected chi connectivity index (χ3v) is 5.09. The first kappa shape index (κ1) is 20.7. The van der Waals surface area contributed by atoms with E-state index >= 15 is 0 Å². The normalized spacial score (nSPS) is 13.9. The molecule has 6 heteroatoms. The maximum Gasteiger partial charge on any atom is 0.243 e. The van der Waals surface area contributed by atoms with Crippen molar-refractivity contribution < 1.29 is 14.0 Å². The molecular formula is C23H26FN3O2. The lowest BCUT2D eigenvalue weighted by Gasteiger charge is -2.26. The molecule has 5 nitrogen and oxygen atoms in total. The van der Waals surface area contributed by atoms with Crippen molar-refractivity contribution in [1.82, 2.24) is 10.3 Å². The molecule has 0 radical (unpaired) electrons. The number of carbonyl (C=O) groups excluding carboxylic acids is 2. The molecule has 1 N–H and O–H groups in total. The number of amides is 2. The van der Waals surface area contributed by atoms with Crippen LogP contribution in [0.3, 0.4) is 0 Å². The van der Waals surface area contributed by atoms with Gasteiger partial charge in [-0.2, -0.15) is 5.10 Å². The van der Waals surface area contributed by atoms with Gasteiger partial charge in [0.2, 0.25) is 11.8 Å². The van der Waals surface area contributed by atoms with E-state index in [1.54, 1.807) is 18.2 Å². The summed E-state index contributed by atoms with van der Waals surface area (Å²) in [7, 11) is 0. The fourth-order valence-electron chi connectivity index (χ4n) is 3.33. The second-order valence-corrected chi connectivity index (χ2v) is 7.82. The summed E-state index contributed by atoms with van der Waals surface area (Å²) in [6.07, 6.45) is 0.884. The Kier molecular flexibility index (Phi) is 6.42. The van der Waals surface area contributed by atoms with Gasteiger partial charge in [0.1, 0.15) is 5.82 Å². The molecule has 2 aromatic carbocycles. The zero-order valence-electron chi connectivity index (χ0n) is 16.8. The molecule has 2 amide bonds. The Balaban J connectivity index is 1.48. The van der Waals surface area contributed by atoms with Gasteiger partial charge >= 0.3 is 0 Å². The number of carbonyl (C=O) groups is 2. The average Bonchev–Trinajstić information content (AvgIpc) is 3.22. The molecule has 0 aliphatic carbocycles. The van der Waals surface area contributed by atoms with Crippen LogP contribution in [0, 0.1) is 5.82 Å². The van der Waals surface area contributed by atoms with Gasteiger partial charge in [-0.3, -0.25) is 9.59 Å². The molecule has 0 aromatic heterocycles. The molecule has 1 aliphatic rings. The van der Waals surface area contributed by atoms with Gasteiger partial charge in [-0.05, 0) is 17.2 Å². The number of hydrogen-bond acceptors (Lipinski definition) is 3. The quantitative estimate of drug-likeness (QED) is 0.778. The summed E-state index contributed by atoms with van der Waals surface area (Å²) in [5.41, 5.74) is 1.90. The van der Waals surface area contributed by atoms with Gasteiger partial charge in [-0.15, -0.1) is 0 Å². The van der Waals surface area contributed by atoms with Crippen LogP contribution >= 0.6 is 0 Å². The minimum absolute atomic E-state index is 0.0822. The molecule has 0 atom stereocenters. The van der Waals surface area contributed by atoms with Gasteiger partial charge in [0.25, 0.3) is 0 Å². The van der Waals surface area contributed by atoms with Crippen molar-refractivity contribution in [2.45, 2.75) is 38.5 Å². The molecule has 29 heavy (non-hydrogen) atoms. The van der Waals surface area contributed by atoms with E-state index in [1.165, 1.54) is 11.1 Å². The van der Waals surface area contributed by atoms with E-state index in [-0.39, 0.29) is 30.5 Å². The van der Waals surface area contributed by atoms with Crippen LogP contribution in [0.5, 0.6) is 0 Å². The highest BCUT2D eigenvalue weighted by Crippen LogP contribution is 2.24. The van der Waals surface area contributed by atoms with E-state index in [0.717, 1.165) is 11.3 Å². The summed E-state index contributed by atoms with van der Waals surface area (Å²) in [4.78, 5) is 24.6. The predicted molar refractivity (Wildman–Crippen MR) is 111 cm³/mol. The second-order valence-electron chi connectivity index (χ2n) is 7.82. The van der Waals surface area contributed by atoms with Gasteiger partial charge in [-0.1, -0.05) is 62.4 Å². The van der Waals surface area contributed by atoms with Gasteiger partial charge in [0.05, 0.1) is 12.3 Å². The van der Waals surface area contributed by atoms with Crippen molar-refractivity contribution in [1.29, 1.82) is 0 Å². The minimum Gasteiger partial charge on any atom is -0.355 e. The van der Waals surface area contributed by atoms with Crippen LogP contribution in [0.15, 0.2) is 59.7 Å². The SMILES string of the molecule is CC(C)(CNC(=O)CCC(=O)N1CCC(c2ccccc2)=N1)c1ccccc1F. The number of nitrogens with zero attached hydrogens (tertiary/aromatic N) is 2. The van der Waals surface area contributed by atoms with Crippen molar-refractivity contribution in [3.05, 3.63) is 71.5 Å². The van der Waals surface area contributed by atoms with Crippen molar-refractivity contribution in [2.24, 2.45) is 5.10 Å². The Labute approximate surface area is 170 Å². The second kappa shape index (κ2) is 8.99. The summed E-state index contributed by atoms with van der Waals surface area (Å²) in [6.45, 7) is 4.58. The molecule has 0 bridgehead atoms. The highest BCUT2D eigenvalue weighted by atomic mass is 19.1. The monoisotopic (exact) mass is 395 g/mol. The standard InChI is InChI=1S/C23H26FN3O2/c1-23(2,18-10-6-7-11-19(18)24)16-25-21(28)12-13-22(29)27-15-14-20(26-27)17-8-4-3-5-9-17/h3-11H,12-16H2,1-2H3,(H,25,28). The molecule has 0 unspecified atom stereocenters. The van der Waals surface area contributed by atoms with Crippen LogP contribution < -0.4 is 5.32 Å². The molecule has 0 fully saturated rings. The summed E-state index contributed by atoms with van der Waals surface area (Å²) in [6, 6.07) is 16.3. The molecule has 2 aromatic rings. The van der Waals surface area contributed by atoms with Crippen LogP contribution in [0.2, 0.25) is 0 Å². The van der Waals surface area contributed by atoms with Crippen LogP contribution in [-0.2, 0) is 15.0 Å². The summed E-state index contributed by atoms with van der Waals surface area (Å²) < 4.78 is 14.0. The lowest BCUT2D eigenvalue weighted by atomic mass is 9.84. The van der Waals surface area contributed by atoms with Gasteiger partial charge < -0.3 is 5.32 Å². The highest BCUT2D eigenvalue weighted by Gasteiger charge is 2.25. The predicted octanol–water partition coefficient (Wildman–Crippen LogP) is 3.64. The Hall–Kier alpha value is -3.02. The number of nitrogens with one attached hydrogen (secondary N) is 1. The Bertz CT molecular complexity index is 909. The van der Waals surface area contributed by atoms with E-state index in [9.17, 15) is 14.0 Å². The van der Waals surface area contributed by atoms with Crippen molar-refractivity contribution in [3.8, 4) is 0 Å². The van der Waals surface area contributed by atoms with E-state index in [2.05, 4.69) is 10.4 Å². The lowest BCUT2D eigenvalue weighted by molar-refractivity contribution is -0.133. The van der Waals surface area contributed by atoms with E-state index < -0.39 is 5.41 Å². The number of hydrazone groups is 1. The molecule has 1 heterocycles. The molecule has 0 saturated carbocycles. The largest absolute Gasteiger partial charge is 0.355 e. The fourth-order valence-corrected chi connectivity index (χ4v) is 3.33. The average molecular weight is 395 g/mol. The van der Waals surface area contributed by atoms with Crippen molar-refractivity contribution >= 4 is 17.5 Å². The number of hydrogen-bond donors (Lipinski definition) is 1. The highest BCUT2D eigenvalue weighted by molar-refractivity contribution is 6.02. The van der Waals surface area contributed by atoms with Crippen LogP contribution in [-0.4, -0.2) is 35.6 Å². The lowest BCUT2D eigenvalue weighted by Crippen LogP contribution is -2.37. The first-order chi connectivity index (χ1) is 13.9. The minimum atomic E-state index is -0.547. The van der Waals surface area contributed by atoms with Gasteiger partial charge in [0.15, 0.2) is 0 Å². The van der Waals surface area contributed by atoms with Crippen molar-refractivity contribution in [3.63, 3.8) is 0 Å². The van der Waals surface area contributed by atoms with Crippen LogP contribution in [0.1, 0.15) is 44.2 Å². The number of rotatable bonds is 7. The molecule has 152 valence electrons. The van der Waals surface area contributed by atoms with E-state index in [4.69, 9.17) is 0 Å². The molecular weight excluding hydrogens is 369 g/mol. The Morgan fingerprint density at radius 3 is 2.48 bits per heavy atom. The van der Waals surface area contributed by atoms with Crippen LogP contribution in [0.25, 0.3) is 0 Å². The van der Waals surface area contributed by atoms with Crippen molar-refractivity contribution in [2.75, 3.05) is 13.1 Å². The summed E-state index contributed by atoms with van der Waals surface area (Å²) in [5, 5.41) is 8.66. The summed E-state index contributed by atoms with van der Waals surface area (Å²) in [5.74, 6) is -0.684. The fraction of sp³-hybridized carbons (Fsp3) is 0.348. The number of benzene rings is 2. The molecule has 3 rings (SSSR count). The third-order valence-electron chi connectivity index (χ3n) is 5.09.